The van der Waals surface area contributed by atoms with Crippen molar-refractivity contribution in [2.75, 3.05) is 10.6 Å². The zero-order valence-electron chi connectivity index (χ0n) is 17.2. The van der Waals surface area contributed by atoms with Crippen molar-refractivity contribution in [3.05, 3.63) is 86.2 Å². The fourth-order valence-corrected chi connectivity index (χ4v) is 3.33. The number of nitrogens with zero attached hydrogens (tertiary/aromatic N) is 1. The summed E-state index contributed by atoms with van der Waals surface area (Å²) in [5.74, 6) is -1.87. The van der Waals surface area contributed by atoms with Crippen molar-refractivity contribution in [1.29, 1.82) is 5.26 Å². The number of hydrogen-bond donors (Lipinski definition) is 3. The third-order valence-electron chi connectivity index (χ3n) is 4.22. The molecule has 172 valence electrons. The van der Waals surface area contributed by atoms with E-state index in [9.17, 15) is 19.6 Å². The first-order valence-corrected chi connectivity index (χ1v) is 11.1. The number of furan rings is 1. The van der Waals surface area contributed by atoms with E-state index in [2.05, 4.69) is 31.9 Å². The Morgan fingerprint density at radius 1 is 0.941 bits per heavy atom. The summed E-state index contributed by atoms with van der Waals surface area (Å²) in [5.41, 5.74) is 0.651. The fourth-order valence-electron chi connectivity index (χ4n) is 2.63. The van der Waals surface area contributed by atoms with Gasteiger partial charge in [0.05, 0.1) is 16.6 Å². The minimum Gasteiger partial charge on any atom is -0.460 e. The van der Waals surface area contributed by atoms with E-state index in [1.807, 2.05) is 6.07 Å². The van der Waals surface area contributed by atoms with Crippen molar-refractivity contribution >= 4 is 74.3 Å². The van der Waals surface area contributed by atoms with Gasteiger partial charge in [0, 0.05) is 21.9 Å². The van der Waals surface area contributed by atoms with Crippen LogP contribution in [0.5, 0.6) is 0 Å². The molecule has 8 nitrogen and oxygen atoms in total. The molecular formula is C23H15BrCl2N4O4. The maximum absolute atomic E-state index is 12.4. The highest BCUT2D eigenvalue weighted by Gasteiger charge is 2.15. The molecular weight excluding hydrogens is 547 g/mol. The van der Waals surface area contributed by atoms with Crippen LogP contribution < -0.4 is 16.0 Å². The lowest BCUT2D eigenvalue weighted by atomic mass is 10.2. The summed E-state index contributed by atoms with van der Waals surface area (Å²) >= 11 is 15.0. The number of benzene rings is 2. The van der Waals surface area contributed by atoms with Crippen molar-refractivity contribution in [1.82, 2.24) is 5.32 Å². The molecule has 1 aromatic heterocycles. The van der Waals surface area contributed by atoms with Crippen molar-refractivity contribution in [2.24, 2.45) is 0 Å². The molecule has 3 amide bonds. The van der Waals surface area contributed by atoms with Gasteiger partial charge in [-0.05, 0) is 48.5 Å². The minimum atomic E-state index is -0.902. The lowest BCUT2D eigenvalue weighted by molar-refractivity contribution is -0.136. The standard InChI is InChI=1S/C23H15BrCl2N4O4/c24-14-2-1-3-15(9-14)29-21(31)13(11-27)8-17-5-6-18(34-17)12-28-22(32)23(33)30-16-4-7-19(25)20(26)10-16/h1-10H,12H2,(H,28,32)(H,29,31)(H,30,33)/b13-8-. The molecule has 3 N–H and O–H groups in total. The summed E-state index contributed by atoms with van der Waals surface area (Å²) in [4.78, 5) is 36.5. The van der Waals surface area contributed by atoms with E-state index >= 15 is 0 Å². The molecule has 0 unspecified atom stereocenters. The van der Waals surface area contributed by atoms with Crippen LogP contribution in [-0.2, 0) is 20.9 Å². The van der Waals surface area contributed by atoms with Crippen molar-refractivity contribution in [3.63, 3.8) is 0 Å². The Labute approximate surface area is 212 Å². The van der Waals surface area contributed by atoms with Crippen molar-refractivity contribution in [3.8, 4) is 6.07 Å². The van der Waals surface area contributed by atoms with Crippen molar-refractivity contribution < 1.29 is 18.8 Å². The predicted molar refractivity (Wildman–Crippen MR) is 132 cm³/mol. The molecule has 0 radical (unpaired) electrons. The molecule has 0 saturated heterocycles. The van der Waals surface area contributed by atoms with Gasteiger partial charge in [0.15, 0.2) is 0 Å². The summed E-state index contributed by atoms with van der Waals surface area (Å²) in [6, 6.07) is 16.2. The van der Waals surface area contributed by atoms with Crippen LogP contribution in [0.2, 0.25) is 10.0 Å². The number of nitrogens with one attached hydrogen (secondary N) is 3. The molecule has 0 atom stereocenters. The maximum Gasteiger partial charge on any atom is 0.313 e. The second kappa shape index (κ2) is 11.5. The lowest BCUT2D eigenvalue weighted by Gasteiger charge is -2.06. The largest absolute Gasteiger partial charge is 0.460 e. The van der Waals surface area contributed by atoms with Gasteiger partial charge in [-0.2, -0.15) is 5.26 Å². The summed E-state index contributed by atoms with van der Waals surface area (Å²) in [5, 5.41) is 17.3. The zero-order chi connectivity index (χ0) is 24.7. The van der Waals surface area contributed by atoms with Crippen LogP contribution in [-0.4, -0.2) is 17.7 Å². The predicted octanol–water partition coefficient (Wildman–Crippen LogP) is 5.15. The number of carbonyl (C=O) groups excluding carboxylic acids is 3. The fraction of sp³-hybridized carbons (Fsp3) is 0.0435. The molecule has 3 rings (SSSR count). The van der Waals surface area contributed by atoms with Crippen molar-refractivity contribution in [2.45, 2.75) is 6.54 Å². The van der Waals surface area contributed by atoms with E-state index in [1.165, 1.54) is 30.3 Å². The summed E-state index contributed by atoms with van der Waals surface area (Å²) in [6.45, 7) is -0.0897. The molecule has 34 heavy (non-hydrogen) atoms. The third kappa shape index (κ3) is 6.96. The number of anilines is 2. The molecule has 0 aliphatic heterocycles. The number of hydrogen-bond acceptors (Lipinski definition) is 5. The van der Waals surface area contributed by atoms with Gasteiger partial charge < -0.3 is 20.4 Å². The topological polar surface area (TPSA) is 124 Å². The second-order valence-electron chi connectivity index (χ2n) is 6.70. The summed E-state index contributed by atoms with van der Waals surface area (Å²) in [6.07, 6.45) is 1.27. The monoisotopic (exact) mass is 560 g/mol. The average molecular weight is 562 g/mol. The molecule has 0 fully saturated rings. The molecule has 0 aliphatic carbocycles. The highest BCUT2D eigenvalue weighted by atomic mass is 79.9. The Morgan fingerprint density at radius 2 is 1.68 bits per heavy atom. The van der Waals surface area contributed by atoms with Crippen LogP contribution in [0.1, 0.15) is 11.5 Å². The van der Waals surface area contributed by atoms with Crippen LogP contribution in [0.25, 0.3) is 6.08 Å². The van der Waals surface area contributed by atoms with E-state index in [4.69, 9.17) is 27.6 Å². The van der Waals surface area contributed by atoms with Gasteiger partial charge in [0.1, 0.15) is 23.2 Å². The van der Waals surface area contributed by atoms with Crippen LogP contribution in [0.4, 0.5) is 11.4 Å². The normalized spacial score (nSPS) is 10.8. The van der Waals surface area contributed by atoms with Crippen LogP contribution in [0.15, 0.2) is 69.1 Å². The number of carbonyl (C=O) groups is 3. The Morgan fingerprint density at radius 3 is 2.38 bits per heavy atom. The van der Waals surface area contributed by atoms with Gasteiger partial charge in [0.25, 0.3) is 5.91 Å². The van der Waals surface area contributed by atoms with Gasteiger partial charge in [-0.15, -0.1) is 0 Å². The number of amides is 3. The van der Waals surface area contributed by atoms with Gasteiger partial charge in [-0.1, -0.05) is 45.2 Å². The van der Waals surface area contributed by atoms with Crippen LogP contribution >= 0.6 is 39.1 Å². The first-order chi connectivity index (χ1) is 16.2. The maximum atomic E-state index is 12.4. The SMILES string of the molecule is N#C/C(=C/c1ccc(CNC(=O)C(=O)Nc2ccc(Cl)c(Cl)c2)o1)C(=O)Nc1cccc(Br)c1. The first-order valence-electron chi connectivity index (χ1n) is 9.57. The molecule has 2 aromatic carbocycles. The first kappa shape index (κ1) is 25.1. The molecule has 0 bridgehead atoms. The smallest absolute Gasteiger partial charge is 0.313 e. The number of halogens is 3. The molecule has 3 aromatic rings. The van der Waals surface area contributed by atoms with E-state index in [1.54, 1.807) is 30.3 Å². The molecule has 1 heterocycles. The van der Waals surface area contributed by atoms with Gasteiger partial charge >= 0.3 is 11.8 Å². The Balaban J connectivity index is 1.57. The average Bonchev–Trinajstić information content (AvgIpc) is 3.25. The van der Waals surface area contributed by atoms with E-state index < -0.39 is 17.7 Å². The molecule has 0 saturated carbocycles. The van der Waals surface area contributed by atoms with Gasteiger partial charge in [-0.25, -0.2) is 0 Å². The Bertz CT molecular complexity index is 1330. The minimum absolute atomic E-state index is 0.0897. The van der Waals surface area contributed by atoms with E-state index in [0.717, 1.165) is 4.47 Å². The van der Waals surface area contributed by atoms with Gasteiger partial charge in [-0.3, -0.25) is 14.4 Å². The summed E-state index contributed by atoms with van der Waals surface area (Å²) < 4.78 is 6.29. The molecule has 0 aliphatic rings. The number of rotatable bonds is 6. The highest BCUT2D eigenvalue weighted by Crippen LogP contribution is 2.25. The third-order valence-corrected chi connectivity index (χ3v) is 5.46. The Kier molecular flexibility index (Phi) is 8.49. The van der Waals surface area contributed by atoms with E-state index in [-0.39, 0.29) is 22.9 Å². The quantitative estimate of drug-likeness (QED) is 0.218. The van der Waals surface area contributed by atoms with Crippen LogP contribution in [0, 0.1) is 11.3 Å². The van der Waals surface area contributed by atoms with E-state index in [0.29, 0.717) is 22.2 Å². The Hall–Kier alpha value is -3.58. The molecule has 11 heteroatoms. The van der Waals surface area contributed by atoms with Crippen LogP contribution in [0.3, 0.4) is 0 Å². The zero-order valence-corrected chi connectivity index (χ0v) is 20.3. The molecule has 0 spiro atoms. The second-order valence-corrected chi connectivity index (χ2v) is 8.43. The van der Waals surface area contributed by atoms with Gasteiger partial charge in [0.2, 0.25) is 0 Å². The lowest BCUT2D eigenvalue weighted by Crippen LogP contribution is -2.34. The number of nitriles is 1. The highest BCUT2D eigenvalue weighted by molar-refractivity contribution is 9.10. The summed E-state index contributed by atoms with van der Waals surface area (Å²) in [7, 11) is 0.